The number of amides is 2. The van der Waals surface area contributed by atoms with Crippen LogP contribution in [0, 0.1) is 5.92 Å². The van der Waals surface area contributed by atoms with Crippen LogP contribution in [0.1, 0.15) is 30.9 Å². The molecule has 0 aliphatic carbocycles. The van der Waals surface area contributed by atoms with Gasteiger partial charge < -0.3 is 19.3 Å². The van der Waals surface area contributed by atoms with Gasteiger partial charge in [0.25, 0.3) is 0 Å². The Morgan fingerprint density at radius 3 is 2.64 bits per heavy atom. The van der Waals surface area contributed by atoms with E-state index in [9.17, 15) is 22.8 Å². The number of benzene rings is 1. The Balaban J connectivity index is 1.78. The summed E-state index contributed by atoms with van der Waals surface area (Å²) in [5, 5.41) is 0. The number of hydrogen-bond donors (Lipinski definition) is 0. The number of rotatable bonds is 5. The number of halogens is 3. The van der Waals surface area contributed by atoms with Gasteiger partial charge in [0.1, 0.15) is 18.0 Å². The highest BCUT2D eigenvalue weighted by molar-refractivity contribution is 5.89. The molecule has 2 saturated heterocycles. The third kappa shape index (κ3) is 4.18. The van der Waals surface area contributed by atoms with E-state index < -0.39 is 24.5 Å². The maximum atomic E-state index is 13.0. The summed E-state index contributed by atoms with van der Waals surface area (Å²) in [6.07, 6.45) is -3.18. The number of alkyl halides is 3. The van der Waals surface area contributed by atoms with Crippen LogP contribution in [0.5, 0.6) is 11.5 Å². The molecule has 154 valence electrons. The molecule has 2 heterocycles. The molecule has 1 aromatic rings. The molecule has 6 nitrogen and oxygen atoms in total. The largest absolute Gasteiger partial charge is 0.497 e. The zero-order valence-electron chi connectivity index (χ0n) is 15.8. The van der Waals surface area contributed by atoms with Gasteiger partial charge in [0.05, 0.1) is 26.2 Å². The molecule has 0 radical (unpaired) electrons. The van der Waals surface area contributed by atoms with Crippen LogP contribution in [0.3, 0.4) is 0 Å². The fraction of sp³-hybridized carbons (Fsp3) is 0.579. The van der Waals surface area contributed by atoms with E-state index in [0.717, 1.165) is 16.9 Å². The summed E-state index contributed by atoms with van der Waals surface area (Å²) in [4.78, 5) is 27.4. The number of nitrogens with zero attached hydrogens (tertiary/aromatic N) is 2. The summed E-state index contributed by atoms with van der Waals surface area (Å²) in [6, 6.07) is 5.07. The molecule has 0 N–H and O–H groups in total. The number of likely N-dealkylation sites (tertiary alicyclic amines) is 2. The van der Waals surface area contributed by atoms with Gasteiger partial charge in [0, 0.05) is 25.1 Å². The van der Waals surface area contributed by atoms with E-state index in [-0.39, 0.29) is 24.9 Å². The van der Waals surface area contributed by atoms with Crippen molar-refractivity contribution in [1.29, 1.82) is 0 Å². The molecule has 9 heteroatoms. The highest BCUT2D eigenvalue weighted by Gasteiger charge is 2.43. The van der Waals surface area contributed by atoms with Crippen LogP contribution in [-0.2, 0) is 9.59 Å². The summed E-state index contributed by atoms with van der Waals surface area (Å²) >= 11 is 0. The smallest absolute Gasteiger partial charge is 0.406 e. The first-order chi connectivity index (χ1) is 13.2. The van der Waals surface area contributed by atoms with Crippen molar-refractivity contribution in [2.75, 3.05) is 33.9 Å². The standard InChI is InChI=1S/C19H23F3N2O4/c1-27-13-5-6-16(28-2)14(9-13)15-4-3-7-24(15)18(26)12-8-17(25)23(10-12)11-19(20,21)22/h5-6,9,12,15H,3-4,7-8,10-11H2,1-2H3/t12-,15+/m1/s1. The molecule has 0 spiro atoms. The average Bonchev–Trinajstić information content (AvgIpc) is 3.26. The van der Waals surface area contributed by atoms with Gasteiger partial charge in [-0.25, -0.2) is 0 Å². The lowest BCUT2D eigenvalue weighted by Crippen LogP contribution is -2.39. The van der Waals surface area contributed by atoms with Crippen LogP contribution in [0.4, 0.5) is 13.2 Å². The van der Waals surface area contributed by atoms with Gasteiger partial charge in [0.2, 0.25) is 11.8 Å². The van der Waals surface area contributed by atoms with Crippen molar-refractivity contribution < 1.29 is 32.2 Å². The van der Waals surface area contributed by atoms with Gasteiger partial charge >= 0.3 is 6.18 Å². The Labute approximate surface area is 161 Å². The van der Waals surface area contributed by atoms with Gasteiger partial charge in [-0.2, -0.15) is 13.2 Å². The first-order valence-electron chi connectivity index (χ1n) is 9.10. The lowest BCUT2D eigenvalue weighted by Gasteiger charge is -2.29. The molecule has 1 aromatic carbocycles. The normalized spacial score (nSPS) is 22.7. The third-order valence-corrected chi connectivity index (χ3v) is 5.27. The highest BCUT2D eigenvalue weighted by Crippen LogP contribution is 2.40. The molecule has 2 fully saturated rings. The second kappa shape index (κ2) is 7.89. The van der Waals surface area contributed by atoms with Crippen LogP contribution in [0.15, 0.2) is 18.2 Å². The molecule has 28 heavy (non-hydrogen) atoms. The fourth-order valence-corrected chi connectivity index (χ4v) is 3.99. The number of carbonyl (C=O) groups is 2. The van der Waals surface area contributed by atoms with Crippen molar-refractivity contribution >= 4 is 11.8 Å². The Kier molecular flexibility index (Phi) is 5.71. The maximum Gasteiger partial charge on any atom is 0.406 e. The van der Waals surface area contributed by atoms with E-state index in [1.54, 1.807) is 24.1 Å². The SMILES string of the molecule is COc1ccc(OC)c([C@@H]2CCCN2C(=O)[C@@H]2CC(=O)N(CC(F)(F)F)C2)c1. The minimum absolute atomic E-state index is 0.187. The summed E-state index contributed by atoms with van der Waals surface area (Å²) in [5.74, 6) is -0.433. The van der Waals surface area contributed by atoms with Crippen LogP contribution in [0.25, 0.3) is 0 Å². The topological polar surface area (TPSA) is 59.1 Å². The summed E-state index contributed by atoms with van der Waals surface area (Å²) < 4.78 is 48.6. The first kappa shape index (κ1) is 20.3. The zero-order valence-corrected chi connectivity index (χ0v) is 15.8. The van der Waals surface area contributed by atoms with Crippen molar-refractivity contribution in [2.45, 2.75) is 31.5 Å². The van der Waals surface area contributed by atoms with Crippen molar-refractivity contribution in [2.24, 2.45) is 5.92 Å². The van der Waals surface area contributed by atoms with E-state index in [0.29, 0.717) is 24.5 Å². The van der Waals surface area contributed by atoms with E-state index >= 15 is 0 Å². The molecule has 0 unspecified atom stereocenters. The van der Waals surface area contributed by atoms with Gasteiger partial charge in [0.15, 0.2) is 0 Å². The first-order valence-corrected chi connectivity index (χ1v) is 9.10. The number of carbonyl (C=O) groups excluding carboxylic acids is 2. The molecule has 2 aliphatic heterocycles. The van der Waals surface area contributed by atoms with Crippen LogP contribution < -0.4 is 9.47 Å². The van der Waals surface area contributed by atoms with Crippen molar-refractivity contribution in [1.82, 2.24) is 9.80 Å². The average molecular weight is 400 g/mol. The molecule has 2 aliphatic rings. The van der Waals surface area contributed by atoms with Crippen molar-refractivity contribution in [3.8, 4) is 11.5 Å². The van der Waals surface area contributed by atoms with Gasteiger partial charge in [-0.3, -0.25) is 9.59 Å². The minimum Gasteiger partial charge on any atom is -0.497 e. The Morgan fingerprint density at radius 1 is 1.25 bits per heavy atom. The van der Waals surface area contributed by atoms with Crippen LogP contribution >= 0.6 is 0 Å². The van der Waals surface area contributed by atoms with Gasteiger partial charge in [-0.1, -0.05) is 0 Å². The Morgan fingerprint density at radius 2 is 2.00 bits per heavy atom. The second-order valence-electron chi connectivity index (χ2n) is 7.09. The van der Waals surface area contributed by atoms with E-state index in [4.69, 9.17) is 9.47 Å². The molecule has 3 rings (SSSR count). The summed E-state index contributed by atoms with van der Waals surface area (Å²) in [6.45, 7) is -1.02. The number of methoxy groups -OCH3 is 2. The maximum absolute atomic E-state index is 13.0. The predicted molar refractivity (Wildman–Crippen MR) is 94.0 cm³/mol. The summed E-state index contributed by atoms with van der Waals surface area (Å²) in [7, 11) is 3.08. The molecule has 2 amide bonds. The molecule has 0 saturated carbocycles. The Hall–Kier alpha value is -2.45. The van der Waals surface area contributed by atoms with Crippen LogP contribution in [-0.4, -0.2) is 61.6 Å². The van der Waals surface area contributed by atoms with Crippen molar-refractivity contribution in [3.63, 3.8) is 0 Å². The fourth-order valence-electron chi connectivity index (χ4n) is 3.99. The van der Waals surface area contributed by atoms with Crippen LogP contribution in [0.2, 0.25) is 0 Å². The van der Waals surface area contributed by atoms with Gasteiger partial charge in [-0.15, -0.1) is 0 Å². The monoisotopic (exact) mass is 400 g/mol. The van der Waals surface area contributed by atoms with E-state index in [2.05, 4.69) is 0 Å². The Bertz CT molecular complexity index is 753. The zero-order chi connectivity index (χ0) is 20.5. The lowest BCUT2D eigenvalue weighted by atomic mass is 10.0. The predicted octanol–water partition coefficient (Wildman–Crippen LogP) is 2.78. The second-order valence-corrected chi connectivity index (χ2v) is 7.09. The molecule has 0 bridgehead atoms. The molecule has 0 aromatic heterocycles. The number of hydrogen-bond acceptors (Lipinski definition) is 4. The van der Waals surface area contributed by atoms with E-state index in [1.165, 1.54) is 7.11 Å². The van der Waals surface area contributed by atoms with Crippen molar-refractivity contribution in [3.05, 3.63) is 23.8 Å². The van der Waals surface area contributed by atoms with Gasteiger partial charge in [-0.05, 0) is 31.0 Å². The molecular weight excluding hydrogens is 377 g/mol. The third-order valence-electron chi connectivity index (χ3n) is 5.27. The summed E-state index contributed by atoms with van der Waals surface area (Å²) in [5.41, 5.74) is 0.796. The molecule has 2 atom stereocenters. The lowest BCUT2D eigenvalue weighted by molar-refractivity contribution is -0.157. The quantitative estimate of drug-likeness (QED) is 0.763. The number of ether oxygens (including phenoxy) is 2. The highest BCUT2D eigenvalue weighted by atomic mass is 19.4. The minimum atomic E-state index is -4.47. The van der Waals surface area contributed by atoms with E-state index in [1.807, 2.05) is 6.07 Å². The molecular formula is C19H23F3N2O4.